The van der Waals surface area contributed by atoms with Gasteiger partial charge in [-0.25, -0.2) is 9.18 Å². The molecule has 2 aromatic rings. The molecular weight excluding hydrogens is 247 g/mol. The maximum absolute atomic E-state index is 13.3. The molecule has 0 amide bonds. The highest BCUT2D eigenvalue weighted by Gasteiger charge is 2.04. The molecule has 0 unspecified atom stereocenters. The van der Waals surface area contributed by atoms with Crippen LogP contribution in [0, 0.1) is 12.7 Å². The van der Waals surface area contributed by atoms with Crippen molar-refractivity contribution in [2.45, 2.75) is 13.5 Å². The predicted octanol–water partition coefficient (Wildman–Crippen LogP) is 3.41. The number of carbonyl (C=O) groups is 1. The van der Waals surface area contributed by atoms with Crippen LogP contribution >= 0.6 is 0 Å². The van der Waals surface area contributed by atoms with Gasteiger partial charge in [-0.3, -0.25) is 0 Å². The first-order chi connectivity index (χ1) is 9.06. The number of aromatic carboxylic acids is 1. The van der Waals surface area contributed by atoms with Gasteiger partial charge in [0.05, 0.1) is 5.56 Å². The van der Waals surface area contributed by atoms with Crippen molar-refractivity contribution in [2.75, 3.05) is 0 Å². The van der Waals surface area contributed by atoms with Gasteiger partial charge in [-0.2, -0.15) is 0 Å². The van der Waals surface area contributed by atoms with Gasteiger partial charge in [-0.15, -0.1) is 0 Å². The summed E-state index contributed by atoms with van der Waals surface area (Å²) in [4.78, 5) is 10.8. The van der Waals surface area contributed by atoms with Gasteiger partial charge in [0.25, 0.3) is 0 Å². The molecule has 0 aromatic heterocycles. The second-order valence-electron chi connectivity index (χ2n) is 4.21. The Kier molecular flexibility index (Phi) is 3.80. The van der Waals surface area contributed by atoms with Crippen LogP contribution in [0.15, 0.2) is 42.5 Å². The first-order valence-corrected chi connectivity index (χ1v) is 5.77. The molecule has 3 nitrogen and oxygen atoms in total. The Balaban J connectivity index is 2.07. The molecule has 0 bridgehead atoms. The van der Waals surface area contributed by atoms with E-state index in [-0.39, 0.29) is 18.0 Å². The van der Waals surface area contributed by atoms with E-state index in [2.05, 4.69) is 0 Å². The van der Waals surface area contributed by atoms with Gasteiger partial charge >= 0.3 is 5.97 Å². The van der Waals surface area contributed by atoms with Gasteiger partial charge < -0.3 is 9.84 Å². The Morgan fingerprint density at radius 3 is 2.74 bits per heavy atom. The highest BCUT2D eigenvalue weighted by molar-refractivity contribution is 5.87. The summed E-state index contributed by atoms with van der Waals surface area (Å²) in [7, 11) is 0. The van der Waals surface area contributed by atoms with Crippen molar-refractivity contribution in [3.05, 3.63) is 65.0 Å². The van der Waals surface area contributed by atoms with Crippen LogP contribution in [0.2, 0.25) is 0 Å². The Hall–Kier alpha value is -2.36. The third-order valence-electron chi connectivity index (χ3n) is 2.72. The first kappa shape index (κ1) is 13.1. The fraction of sp³-hybridized carbons (Fsp3) is 0.133. The molecule has 0 heterocycles. The third kappa shape index (κ3) is 3.31. The normalized spacial score (nSPS) is 10.2. The zero-order chi connectivity index (χ0) is 13.8. The molecule has 0 atom stereocenters. The van der Waals surface area contributed by atoms with Crippen molar-refractivity contribution in [1.29, 1.82) is 0 Å². The molecule has 4 heteroatoms. The maximum atomic E-state index is 13.3. The van der Waals surface area contributed by atoms with E-state index in [0.717, 1.165) is 5.56 Å². The molecule has 98 valence electrons. The van der Waals surface area contributed by atoms with Crippen molar-refractivity contribution >= 4 is 5.97 Å². The first-order valence-electron chi connectivity index (χ1n) is 5.77. The zero-order valence-corrected chi connectivity index (χ0v) is 10.4. The second-order valence-corrected chi connectivity index (χ2v) is 4.21. The lowest BCUT2D eigenvalue weighted by molar-refractivity contribution is 0.0696. The van der Waals surface area contributed by atoms with Gasteiger partial charge in [-0.05, 0) is 36.2 Å². The van der Waals surface area contributed by atoms with E-state index in [0.29, 0.717) is 11.3 Å². The van der Waals surface area contributed by atoms with Gasteiger partial charge in [0.1, 0.15) is 18.2 Å². The van der Waals surface area contributed by atoms with Crippen LogP contribution in [0.4, 0.5) is 4.39 Å². The number of benzene rings is 2. The minimum absolute atomic E-state index is 0.198. The Bertz CT molecular complexity index is 608. The number of hydrogen-bond acceptors (Lipinski definition) is 2. The molecule has 0 radical (unpaired) electrons. The van der Waals surface area contributed by atoms with E-state index in [1.54, 1.807) is 31.2 Å². The van der Waals surface area contributed by atoms with Crippen LogP contribution in [0.5, 0.6) is 5.75 Å². The summed E-state index contributed by atoms with van der Waals surface area (Å²) in [5.74, 6) is -0.885. The van der Waals surface area contributed by atoms with E-state index in [1.165, 1.54) is 18.2 Å². The highest BCUT2D eigenvalue weighted by atomic mass is 19.1. The van der Waals surface area contributed by atoms with Crippen molar-refractivity contribution in [3.8, 4) is 5.75 Å². The molecule has 0 aliphatic heterocycles. The summed E-state index contributed by atoms with van der Waals surface area (Å²) in [6.07, 6.45) is 0. The molecule has 1 N–H and O–H groups in total. The van der Waals surface area contributed by atoms with Gasteiger partial charge in [0.2, 0.25) is 0 Å². The largest absolute Gasteiger partial charge is 0.489 e. The Labute approximate surface area is 110 Å². The lowest BCUT2D eigenvalue weighted by Gasteiger charge is -2.07. The molecule has 0 saturated carbocycles. The third-order valence-corrected chi connectivity index (χ3v) is 2.72. The number of aryl methyl sites for hydroxylation is 1. The van der Waals surface area contributed by atoms with E-state index in [1.807, 2.05) is 0 Å². The van der Waals surface area contributed by atoms with Crippen LogP contribution in [0.3, 0.4) is 0 Å². The molecule has 0 fully saturated rings. The summed E-state index contributed by atoms with van der Waals surface area (Å²) in [5, 5.41) is 8.87. The molecule has 0 aliphatic carbocycles. The minimum Gasteiger partial charge on any atom is -0.489 e. The number of carboxylic acids is 1. The number of hydrogen-bond donors (Lipinski definition) is 1. The molecule has 2 rings (SSSR count). The van der Waals surface area contributed by atoms with Crippen molar-refractivity contribution < 1.29 is 19.0 Å². The smallest absolute Gasteiger partial charge is 0.335 e. The fourth-order valence-electron chi connectivity index (χ4n) is 1.62. The van der Waals surface area contributed by atoms with Gasteiger partial charge in [0, 0.05) is 6.07 Å². The molecule has 19 heavy (non-hydrogen) atoms. The van der Waals surface area contributed by atoms with Gasteiger partial charge in [-0.1, -0.05) is 18.2 Å². The number of rotatable bonds is 4. The average molecular weight is 260 g/mol. The predicted molar refractivity (Wildman–Crippen MR) is 68.9 cm³/mol. The van der Waals surface area contributed by atoms with E-state index in [9.17, 15) is 9.18 Å². The van der Waals surface area contributed by atoms with Gasteiger partial charge in [0.15, 0.2) is 0 Å². The minimum atomic E-state index is -0.983. The fourth-order valence-corrected chi connectivity index (χ4v) is 1.62. The molecular formula is C15H13FO3. The van der Waals surface area contributed by atoms with Crippen LogP contribution in [-0.2, 0) is 6.61 Å². The lowest BCUT2D eigenvalue weighted by Crippen LogP contribution is -2.00. The number of carboxylic acid groups (broad SMARTS) is 1. The van der Waals surface area contributed by atoms with Crippen molar-refractivity contribution in [2.24, 2.45) is 0 Å². The highest BCUT2D eigenvalue weighted by Crippen LogP contribution is 2.17. The lowest BCUT2D eigenvalue weighted by atomic mass is 10.1. The molecule has 0 spiro atoms. The summed E-state index contributed by atoms with van der Waals surface area (Å²) >= 11 is 0. The Morgan fingerprint density at radius 2 is 2.05 bits per heavy atom. The number of halogens is 1. The monoisotopic (exact) mass is 260 g/mol. The Morgan fingerprint density at radius 1 is 1.26 bits per heavy atom. The average Bonchev–Trinajstić information content (AvgIpc) is 2.40. The van der Waals surface area contributed by atoms with Crippen LogP contribution in [0.25, 0.3) is 0 Å². The quantitative estimate of drug-likeness (QED) is 0.916. The standard InChI is InChI=1S/C15H13FO3/c1-10-5-6-13(8-14(10)16)19-9-11-3-2-4-12(7-11)15(17)18/h2-8H,9H2,1H3,(H,17,18). The van der Waals surface area contributed by atoms with Crippen molar-refractivity contribution in [3.63, 3.8) is 0 Å². The van der Waals surface area contributed by atoms with Crippen LogP contribution in [-0.4, -0.2) is 11.1 Å². The maximum Gasteiger partial charge on any atom is 0.335 e. The van der Waals surface area contributed by atoms with E-state index < -0.39 is 5.97 Å². The van der Waals surface area contributed by atoms with E-state index in [4.69, 9.17) is 9.84 Å². The summed E-state index contributed by atoms with van der Waals surface area (Å²) in [5.41, 5.74) is 1.48. The van der Waals surface area contributed by atoms with Crippen LogP contribution < -0.4 is 4.74 Å². The second kappa shape index (κ2) is 5.52. The SMILES string of the molecule is Cc1ccc(OCc2cccc(C(=O)O)c2)cc1F. The molecule has 0 aliphatic rings. The van der Waals surface area contributed by atoms with E-state index >= 15 is 0 Å². The summed E-state index contributed by atoms with van der Waals surface area (Å²) in [6.45, 7) is 1.87. The van der Waals surface area contributed by atoms with Crippen LogP contribution in [0.1, 0.15) is 21.5 Å². The van der Waals surface area contributed by atoms with Crippen molar-refractivity contribution in [1.82, 2.24) is 0 Å². The zero-order valence-electron chi connectivity index (χ0n) is 10.4. The number of ether oxygens (including phenoxy) is 1. The molecule has 2 aromatic carbocycles. The molecule has 0 saturated heterocycles. The summed E-state index contributed by atoms with van der Waals surface area (Å²) in [6, 6.07) is 11.1. The topological polar surface area (TPSA) is 46.5 Å². The summed E-state index contributed by atoms with van der Waals surface area (Å²) < 4.78 is 18.7.